The Bertz CT molecular complexity index is 993. The summed E-state index contributed by atoms with van der Waals surface area (Å²) >= 11 is 5.56. The number of carbonyl (C=O) groups is 2. The molecular weight excluding hydrogens is 437 g/mol. The number of amides is 2. The van der Waals surface area contributed by atoms with Crippen molar-refractivity contribution in [2.24, 2.45) is 0 Å². The van der Waals surface area contributed by atoms with E-state index in [0.717, 1.165) is 17.0 Å². The van der Waals surface area contributed by atoms with E-state index in [1.807, 2.05) is 0 Å². The molecule has 0 aromatic heterocycles. The molecule has 6 nitrogen and oxygen atoms in total. The van der Waals surface area contributed by atoms with E-state index in [9.17, 15) is 22.8 Å². The van der Waals surface area contributed by atoms with Crippen LogP contribution in [0.15, 0.2) is 42.5 Å². The quantitative estimate of drug-likeness (QED) is 0.623. The molecule has 1 N–H and O–H groups in total. The summed E-state index contributed by atoms with van der Waals surface area (Å²) in [5.41, 5.74) is -0.470. The third-order valence-electron chi connectivity index (χ3n) is 4.14. The summed E-state index contributed by atoms with van der Waals surface area (Å²) in [5.74, 6) is -0.107. The Labute approximate surface area is 182 Å². The van der Waals surface area contributed by atoms with Crippen molar-refractivity contribution in [3.05, 3.63) is 58.6 Å². The van der Waals surface area contributed by atoms with Crippen LogP contribution in [-0.2, 0) is 15.8 Å². The van der Waals surface area contributed by atoms with Gasteiger partial charge in [-0.3, -0.25) is 9.59 Å². The predicted molar refractivity (Wildman–Crippen MR) is 111 cm³/mol. The fourth-order valence-corrected chi connectivity index (χ4v) is 2.79. The van der Waals surface area contributed by atoms with Gasteiger partial charge in [0, 0.05) is 18.8 Å². The average molecular weight is 457 g/mol. The lowest BCUT2D eigenvalue weighted by Crippen LogP contribution is -2.33. The minimum Gasteiger partial charge on any atom is -0.493 e. The van der Waals surface area contributed by atoms with Crippen molar-refractivity contribution >= 4 is 35.2 Å². The number of alkyl halides is 3. The van der Waals surface area contributed by atoms with E-state index in [1.54, 1.807) is 18.2 Å². The molecule has 0 unspecified atom stereocenters. The average Bonchev–Trinajstić information content (AvgIpc) is 2.72. The zero-order valence-electron chi connectivity index (χ0n) is 16.9. The van der Waals surface area contributed by atoms with Crippen LogP contribution in [0.3, 0.4) is 0 Å². The molecule has 0 saturated carbocycles. The first-order valence-corrected chi connectivity index (χ1v) is 9.24. The number of anilines is 1. The van der Waals surface area contributed by atoms with Crippen LogP contribution in [0.2, 0.25) is 5.02 Å². The number of benzene rings is 2. The number of likely N-dealkylation sites (N-methyl/N-ethyl adjacent to an activating group) is 1. The van der Waals surface area contributed by atoms with E-state index in [-0.39, 0.29) is 12.2 Å². The van der Waals surface area contributed by atoms with Gasteiger partial charge in [-0.15, -0.1) is 0 Å². The second-order valence-corrected chi connectivity index (χ2v) is 6.79. The maximum absolute atomic E-state index is 12.9. The summed E-state index contributed by atoms with van der Waals surface area (Å²) < 4.78 is 49.1. The van der Waals surface area contributed by atoms with Crippen LogP contribution in [-0.4, -0.2) is 44.5 Å². The Morgan fingerprint density at radius 2 is 1.77 bits per heavy atom. The predicted octanol–water partition coefficient (Wildman–Crippen LogP) is 4.49. The lowest BCUT2D eigenvalue weighted by atomic mass is 10.2. The summed E-state index contributed by atoms with van der Waals surface area (Å²) in [4.78, 5) is 25.5. The van der Waals surface area contributed by atoms with Gasteiger partial charge in [-0.1, -0.05) is 17.7 Å². The highest BCUT2D eigenvalue weighted by molar-refractivity contribution is 6.31. The Morgan fingerprint density at radius 3 is 2.39 bits per heavy atom. The standard InChI is InChI=1S/C21H20ClF3N2O4/c1-27(20(29)9-5-13-4-8-17(30-2)18(10-13)31-3)12-19(28)26-14-6-7-16(22)15(11-14)21(23,24)25/h4-11H,12H2,1-3H3,(H,26,28). The molecule has 0 fully saturated rings. The number of nitrogens with one attached hydrogen (secondary N) is 1. The normalized spacial score (nSPS) is 11.3. The van der Waals surface area contributed by atoms with Crippen molar-refractivity contribution in [3.63, 3.8) is 0 Å². The van der Waals surface area contributed by atoms with E-state index < -0.39 is 28.6 Å². The molecule has 0 bridgehead atoms. The summed E-state index contributed by atoms with van der Waals surface area (Å²) in [6.07, 6.45) is -1.86. The molecule has 0 aliphatic heterocycles. The van der Waals surface area contributed by atoms with Gasteiger partial charge in [-0.25, -0.2) is 0 Å². The SMILES string of the molecule is COc1ccc(C=CC(=O)N(C)CC(=O)Nc2ccc(Cl)c(C(F)(F)F)c2)cc1OC. The molecule has 0 atom stereocenters. The highest BCUT2D eigenvalue weighted by atomic mass is 35.5. The largest absolute Gasteiger partial charge is 0.493 e. The van der Waals surface area contributed by atoms with Crippen molar-refractivity contribution in [1.82, 2.24) is 4.90 Å². The van der Waals surface area contributed by atoms with Crippen LogP contribution in [0.4, 0.5) is 18.9 Å². The van der Waals surface area contributed by atoms with Crippen molar-refractivity contribution in [1.29, 1.82) is 0 Å². The first kappa shape index (κ1) is 24.1. The molecule has 2 aromatic carbocycles. The maximum Gasteiger partial charge on any atom is 0.417 e. The molecular formula is C21H20ClF3N2O4. The number of halogens is 4. The Balaban J connectivity index is 2.00. The molecule has 166 valence electrons. The minimum absolute atomic E-state index is 0.0801. The Kier molecular flexibility index (Phi) is 7.93. The van der Waals surface area contributed by atoms with Crippen molar-refractivity contribution in [2.45, 2.75) is 6.18 Å². The number of rotatable bonds is 7. The van der Waals surface area contributed by atoms with E-state index in [2.05, 4.69) is 5.32 Å². The topological polar surface area (TPSA) is 67.9 Å². The zero-order chi connectivity index (χ0) is 23.2. The number of ether oxygens (including phenoxy) is 2. The van der Waals surface area contributed by atoms with E-state index in [1.165, 1.54) is 39.5 Å². The molecule has 10 heteroatoms. The monoisotopic (exact) mass is 456 g/mol. The second-order valence-electron chi connectivity index (χ2n) is 6.38. The second kappa shape index (κ2) is 10.2. The van der Waals surface area contributed by atoms with Crippen LogP contribution >= 0.6 is 11.6 Å². The van der Waals surface area contributed by atoms with Gasteiger partial charge in [-0.2, -0.15) is 13.2 Å². The van der Waals surface area contributed by atoms with Crippen molar-refractivity contribution in [3.8, 4) is 11.5 Å². The molecule has 2 aromatic rings. The third-order valence-corrected chi connectivity index (χ3v) is 4.47. The lowest BCUT2D eigenvalue weighted by Gasteiger charge is -2.16. The van der Waals surface area contributed by atoms with E-state index in [4.69, 9.17) is 21.1 Å². The minimum atomic E-state index is -4.65. The molecule has 31 heavy (non-hydrogen) atoms. The number of hydrogen-bond donors (Lipinski definition) is 1. The Hall–Kier alpha value is -3.20. The molecule has 2 rings (SSSR count). The highest BCUT2D eigenvalue weighted by Gasteiger charge is 2.33. The van der Waals surface area contributed by atoms with Gasteiger partial charge in [0.1, 0.15) is 0 Å². The number of carbonyl (C=O) groups excluding carboxylic acids is 2. The van der Waals surface area contributed by atoms with Crippen LogP contribution in [0, 0.1) is 0 Å². The summed E-state index contributed by atoms with van der Waals surface area (Å²) in [6.45, 7) is -0.362. The molecule has 0 radical (unpaired) electrons. The molecule has 0 aliphatic carbocycles. The van der Waals surface area contributed by atoms with Crippen molar-refractivity contribution in [2.75, 3.05) is 33.1 Å². The van der Waals surface area contributed by atoms with Crippen LogP contribution in [0.5, 0.6) is 11.5 Å². The van der Waals surface area contributed by atoms with Crippen LogP contribution in [0.25, 0.3) is 6.08 Å². The van der Waals surface area contributed by atoms with Gasteiger partial charge in [0.15, 0.2) is 11.5 Å². The fourth-order valence-electron chi connectivity index (χ4n) is 2.57. The summed E-state index contributed by atoms with van der Waals surface area (Å²) in [6, 6.07) is 8.10. The van der Waals surface area contributed by atoms with Crippen LogP contribution in [0.1, 0.15) is 11.1 Å². The van der Waals surface area contributed by atoms with Gasteiger partial charge in [0.05, 0.1) is 31.4 Å². The zero-order valence-corrected chi connectivity index (χ0v) is 17.7. The third kappa shape index (κ3) is 6.65. The molecule has 0 saturated heterocycles. The van der Waals surface area contributed by atoms with E-state index in [0.29, 0.717) is 17.1 Å². The maximum atomic E-state index is 12.9. The molecule has 2 amide bonds. The van der Waals surface area contributed by atoms with Gasteiger partial charge in [0.2, 0.25) is 11.8 Å². The highest BCUT2D eigenvalue weighted by Crippen LogP contribution is 2.36. The van der Waals surface area contributed by atoms with Crippen LogP contribution < -0.4 is 14.8 Å². The van der Waals surface area contributed by atoms with E-state index >= 15 is 0 Å². The molecule has 0 aliphatic rings. The van der Waals surface area contributed by atoms with Gasteiger partial charge >= 0.3 is 6.18 Å². The number of nitrogens with zero attached hydrogens (tertiary/aromatic N) is 1. The summed E-state index contributed by atoms with van der Waals surface area (Å²) in [7, 11) is 4.38. The smallest absolute Gasteiger partial charge is 0.417 e. The number of hydrogen-bond acceptors (Lipinski definition) is 4. The first-order valence-electron chi connectivity index (χ1n) is 8.87. The van der Waals surface area contributed by atoms with Gasteiger partial charge in [0.25, 0.3) is 0 Å². The number of methoxy groups -OCH3 is 2. The van der Waals surface area contributed by atoms with Gasteiger partial charge < -0.3 is 19.7 Å². The molecule has 0 spiro atoms. The van der Waals surface area contributed by atoms with Crippen molar-refractivity contribution < 1.29 is 32.2 Å². The fraction of sp³-hybridized carbons (Fsp3) is 0.238. The first-order chi connectivity index (χ1) is 14.5. The summed E-state index contributed by atoms with van der Waals surface area (Å²) in [5, 5.41) is 1.85. The molecule has 0 heterocycles. The Morgan fingerprint density at radius 1 is 1.10 bits per heavy atom. The van der Waals surface area contributed by atoms with Gasteiger partial charge in [-0.05, 0) is 42.0 Å². The lowest BCUT2D eigenvalue weighted by molar-refractivity contribution is -0.137.